The van der Waals surface area contributed by atoms with Crippen LogP contribution in [0.1, 0.15) is 30.3 Å². The van der Waals surface area contributed by atoms with E-state index in [4.69, 9.17) is 4.98 Å². The lowest BCUT2D eigenvalue weighted by molar-refractivity contribution is 0.110. The lowest BCUT2D eigenvalue weighted by atomic mass is 9.99. The maximum Gasteiger partial charge on any atom is 0.0987 e. The Morgan fingerprint density at radius 1 is 1.04 bits per heavy atom. The first-order valence-corrected chi connectivity index (χ1v) is 10.8. The number of nitrogens with zero attached hydrogens (tertiary/aromatic N) is 3. The molecule has 3 nitrogen and oxygen atoms in total. The average molecular weight is 388 g/mol. The Labute approximate surface area is 170 Å². The Morgan fingerprint density at radius 3 is 2.61 bits per heavy atom. The van der Waals surface area contributed by atoms with Gasteiger partial charge >= 0.3 is 0 Å². The summed E-state index contributed by atoms with van der Waals surface area (Å²) in [5.74, 6) is 0.613. The highest BCUT2D eigenvalue weighted by molar-refractivity contribution is 7.15. The zero-order chi connectivity index (χ0) is 19.1. The van der Waals surface area contributed by atoms with Crippen LogP contribution in [0, 0.1) is 0 Å². The molecular formula is C24H25N3S. The van der Waals surface area contributed by atoms with Crippen LogP contribution in [0.25, 0.3) is 21.3 Å². The van der Waals surface area contributed by atoms with Crippen LogP contribution in [-0.2, 0) is 6.54 Å². The van der Waals surface area contributed by atoms with Crippen molar-refractivity contribution in [3.63, 3.8) is 0 Å². The Bertz CT molecular complexity index is 1080. The molecule has 1 aliphatic heterocycles. The minimum absolute atomic E-state index is 0.613. The third-order valence-electron chi connectivity index (χ3n) is 5.78. The van der Waals surface area contributed by atoms with E-state index in [1.165, 1.54) is 31.9 Å². The predicted molar refractivity (Wildman–Crippen MR) is 118 cm³/mol. The number of thiazole rings is 1. The zero-order valence-corrected chi connectivity index (χ0v) is 17.2. The first-order chi connectivity index (χ1) is 13.7. The second kappa shape index (κ2) is 7.19. The summed E-state index contributed by atoms with van der Waals surface area (Å²) in [6.07, 6.45) is 4.22. The molecule has 0 spiro atoms. The summed E-state index contributed by atoms with van der Waals surface area (Å²) in [6, 6.07) is 20.3. The van der Waals surface area contributed by atoms with Crippen LogP contribution in [0.5, 0.6) is 0 Å². The molecule has 0 unspecified atom stereocenters. The van der Waals surface area contributed by atoms with Gasteiger partial charge in [0.05, 0.1) is 9.88 Å². The van der Waals surface area contributed by atoms with Crippen molar-refractivity contribution in [2.45, 2.75) is 32.4 Å². The largest absolute Gasteiger partial charge is 0.343 e. The summed E-state index contributed by atoms with van der Waals surface area (Å²) in [7, 11) is 0. The van der Waals surface area contributed by atoms with Crippen LogP contribution in [0.2, 0.25) is 0 Å². The Balaban J connectivity index is 1.29. The van der Waals surface area contributed by atoms with Crippen LogP contribution in [-0.4, -0.2) is 33.6 Å². The number of para-hydroxylation sites is 1. The van der Waals surface area contributed by atoms with E-state index in [1.807, 2.05) is 17.5 Å². The van der Waals surface area contributed by atoms with Crippen molar-refractivity contribution >= 4 is 22.2 Å². The lowest BCUT2D eigenvalue weighted by Gasteiger charge is -2.41. The molecule has 2 aromatic carbocycles. The molecule has 0 amide bonds. The van der Waals surface area contributed by atoms with E-state index in [-0.39, 0.29) is 0 Å². The highest BCUT2D eigenvalue weighted by Gasteiger charge is 2.31. The lowest BCUT2D eigenvalue weighted by Crippen LogP contribution is -2.48. The third kappa shape index (κ3) is 3.27. The highest BCUT2D eigenvalue weighted by atomic mass is 32.1. The van der Waals surface area contributed by atoms with Crippen molar-refractivity contribution in [3.8, 4) is 10.4 Å². The number of hydrogen-bond acceptors (Lipinski definition) is 3. The quantitative estimate of drug-likeness (QED) is 0.443. The van der Waals surface area contributed by atoms with Crippen LogP contribution in [0.4, 0.5) is 0 Å². The second-order valence-electron chi connectivity index (χ2n) is 8.01. The van der Waals surface area contributed by atoms with Crippen LogP contribution in [0.3, 0.4) is 0 Å². The average Bonchev–Trinajstić information content (AvgIpc) is 3.29. The van der Waals surface area contributed by atoms with Gasteiger partial charge in [0.15, 0.2) is 0 Å². The topological polar surface area (TPSA) is 21.1 Å². The SMILES string of the molecule is CC(C)N1CC(c2ncc(-c3ccc(Cn4ccc5ccccc54)cc3)s2)C1. The molecule has 4 aromatic rings. The van der Waals surface area contributed by atoms with Gasteiger partial charge in [-0.2, -0.15) is 0 Å². The molecule has 2 aromatic heterocycles. The maximum atomic E-state index is 4.71. The van der Waals surface area contributed by atoms with Gasteiger partial charge in [-0.1, -0.05) is 42.5 Å². The summed E-state index contributed by atoms with van der Waals surface area (Å²) in [5.41, 5.74) is 3.88. The second-order valence-corrected chi connectivity index (χ2v) is 9.07. The Morgan fingerprint density at radius 2 is 1.82 bits per heavy atom. The van der Waals surface area contributed by atoms with E-state index >= 15 is 0 Å². The predicted octanol–water partition coefficient (Wildman–Crippen LogP) is 5.62. The van der Waals surface area contributed by atoms with Gasteiger partial charge in [0.1, 0.15) is 0 Å². The Kier molecular flexibility index (Phi) is 4.53. The van der Waals surface area contributed by atoms with Gasteiger partial charge in [-0.25, -0.2) is 4.98 Å². The molecule has 142 valence electrons. The number of rotatable bonds is 5. The molecular weight excluding hydrogens is 362 g/mol. The minimum Gasteiger partial charge on any atom is -0.343 e. The third-order valence-corrected chi connectivity index (χ3v) is 6.99. The first-order valence-electron chi connectivity index (χ1n) is 10.0. The minimum atomic E-state index is 0.613. The maximum absolute atomic E-state index is 4.71. The van der Waals surface area contributed by atoms with Crippen molar-refractivity contribution in [3.05, 3.63) is 77.6 Å². The highest BCUT2D eigenvalue weighted by Crippen LogP contribution is 2.35. The summed E-state index contributed by atoms with van der Waals surface area (Å²) >= 11 is 1.85. The Hall–Kier alpha value is -2.43. The van der Waals surface area contributed by atoms with E-state index in [9.17, 15) is 0 Å². The smallest absolute Gasteiger partial charge is 0.0987 e. The summed E-state index contributed by atoms with van der Waals surface area (Å²) < 4.78 is 2.31. The van der Waals surface area contributed by atoms with Crippen molar-refractivity contribution in [1.82, 2.24) is 14.5 Å². The van der Waals surface area contributed by atoms with E-state index in [0.29, 0.717) is 12.0 Å². The van der Waals surface area contributed by atoms with E-state index in [1.54, 1.807) is 0 Å². The molecule has 28 heavy (non-hydrogen) atoms. The van der Waals surface area contributed by atoms with Crippen LogP contribution >= 0.6 is 11.3 Å². The summed E-state index contributed by atoms with van der Waals surface area (Å²) in [5, 5.41) is 2.58. The van der Waals surface area contributed by atoms with E-state index in [0.717, 1.165) is 19.6 Å². The molecule has 5 rings (SSSR count). The van der Waals surface area contributed by atoms with Gasteiger partial charge in [-0.3, -0.25) is 4.90 Å². The number of likely N-dealkylation sites (tertiary alicyclic amines) is 1. The fraction of sp³-hybridized carbons (Fsp3) is 0.292. The fourth-order valence-electron chi connectivity index (χ4n) is 3.95. The number of fused-ring (bicyclic) bond motifs is 1. The summed E-state index contributed by atoms with van der Waals surface area (Å²) in [4.78, 5) is 8.49. The number of benzene rings is 2. The van der Waals surface area contributed by atoms with Gasteiger partial charge in [0, 0.05) is 49.5 Å². The van der Waals surface area contributed by atoms with Gasteiger partial charge in [0.2, 0.25) is 0 Å². The molecule has 0 radical (unpaired) electrons. The first kappa shape index (κ1) is 17.7. The molecule has 1 fully saturated rings. The standard InChI is InChI=1S/C24H25N3S/c1-17(2)27-15-21(16-27)24-25-13-23(28-24)20-9-7-18(8-10-20)14-26-12-11-19-5-3-4-6-22(19)26/h3-13,17,21H,14-16H2,1-2H3. The van der Waals surface area contributed by atoms with Crippen LogP contribution in [0.15, 0.2) is 67.0 Å². The van der Waals surface area contributed by atoms with Crippen molar-refractivity contribution in [2.24, 2.45) is 0 Å². The summed E-state index contributed by atoms with van der Waals surface area (Å²) in [6.45, 7) is 7.72. The molecule has 0 aliphatic carbocycles. The van der Waals surface area contributed by atoms with Crippen LogP contribution < -0.4 is 0 Å². The normalized spacial score (nSPS) is 15.4. The van der Waals surface area contributed by atoms with E-state index in [2.05, 4.69) is 84.1 Å². The monoisotopic (exact) mass is 387 g/mol. The zero-order valence-electron chi connectivity index (χ0n) is 16.4. The van der Waals surface area contributed by atoms with Crippen molar-refractivity contribution < 1.29 is 0 Å². The molecule has 4 heteroatoms. The molecule has 0 saturated carbocycles. The molecule has 1 aliphatic rings. The van der Waals surface area contributed by atoms with Crippen molar-refractivity contribution in [1.29, 1.82) is 0 Å². The molecule has 0 bridgehead atoms. The van der Waals surface area contributed by atoms with E-state index < -0.39 is 0 Å². The molecule has 1 saturated heterocycles. The van der Waals surface area contributed by atoms with Crippen molar-refractivity contribution in [2.75, 3.05) is 13.1 Å². The fourth-order valence-corrected chi connectivity index (χ4v) is 4.96. The molecule has 3 heterocycles. The molecule has 0 N–H and O–H groups in total. The number of aromatic nitrogens is 2. The van der Waals surface area contributed by atoms with Gasteiger partial charge < -0.3 is 4.57 Å². The van der Waals surface area contributed by atoms with Gasteiger partial charge in [-0.05, 0) is 42.5 Å². The molecule has 0 atom stereocenters. The van der Waals surface area contributed by atoms with Gasteiger partial charge in [-0.15, -0.1) is 11.3 Å². The van der Waals surface area contributed by atoms with Gasteiger partial charge in [0.25, 0.3) is 0 Å². The number of hydrogen-bond donors (Lipinski definition) is 0.